The van der Waals surface area contributed by atoms with E-state index in [4.69, 9.17) is 17.3 Å². The summed E-state index contributed by atoms with van der Waals surface area (Å²) < 4.78 is 0. The molecule has 11 heteroatoms. The van der Waals surface area contributed by atoms with Gasteiger partial charge in [0.2, 0.25) is 5.95 Å². The van der Waals surface area contributed by atoms with Gasteiger partial charge in [-0.05, 0) is 55.3 Å². The van der Waals surface area contributed by atoms with Crippen molar-refractivity contribution in [1.29, 1.82) is 0 Å². The molecule has 0 aliphatic heterocycles. The molecule has 0 aliphatic carbocycles. The highest BCUT2D eigenvalue weighted by Crippen LogP contribution is 2.27. The molecule has 3 aromatic rings. The van der Waals surface area contributed by atoms with E-state index in [2.05, 4.69) is 26.5 Å². The molecule has 0 spiro atoms. The number of hydrogen-bond acceptors (Lipinski definition) is 7. The summed E-state index contributed by atoms with van der Waals surface area (Å²) in [4.78, 5) is 53.3. The van der Waals surface area contributed by atoms with Crippen LogP contribution < -0.4 is 21.9 Å². The van der Waals surface area contributed by atoms with Crippen molar-refractivity contribution in [3.8, 4) is 12.3 Å². The number of H-pyrrole nitrogens is 1. The molecule has 1 aromatic heterocycles. The average molecular weight is 477 g/mol. The van der Waals surface area contributed by atoms with Gasteiger partial charge in [0.1, 0.15) is 11.6 Å². The molecule has 0 aliphatic rings. The lowest BCUT2D eigenvalue weighted by Crippen LogP contribution is -2.41. The first kappa shape index (κ1) is 24.8. The molecule has 1 amide bonds. The van der Waals surface area contributed by atoms with Crippen LogP contribution in [0.3, 0.4) is 0 Å². The predicted octanol–water partition coefficient (Wildman–Crippen LogP) is 1.51. The lowest BCUT2D eigenvalue weighted by molar-refractivity contribution is -0.140. The first-order valence-corrected chi connectivity index (χ1v) is 10.4. The second kappa shape index (κ2) is 9.96. The van der Waals surface area contributed by atoms with Gasteiger partial charge in [-0.15, -0.1) is 6.42 Å². The smallest absolute Gasteiger partial charge is 0.326 e. The van der Waals surface area contributed by atoms with Crippen LogP contribution in [-0.2, 0) is 15.1 Å². The van der Waals surface area contributed by atoms with Crippen LogP contribution in [0.25, 0.3) is 10.9 Å². The largest absolute Gasteiger partial charge is 0.481 e. The minimum Gasteiger partial charge on any atom is -0.481 e. The number of aliphatic carboxylic acids is 2. The lowest BCUT2D eigenvalue weighted by Gasteiger charge is -2.27. The third kappa shape index (κ3) is 5.75. The van der Waals surface area contributed by atoms with Gasteiger partial charge in [-0.3, -0.25) is 19.4 Å². The van der Waals surface area contributed by atoms with Gasteiger partial charge in [-0.25, -0.2) is 9.78 Å². The Morgan fingerprint density at radius 2 is 1.89 bits per heavy atom. The van der Waals surface area contributed by atoms with E-state index in [0.29, 0.717) is 22.2 Å². The van der Waals surface area contributed by atoms with Crippen molar-refractivity contribution in [1.82, 2.24) is 15.3 Å². The highest BCUT2D eigenvalue weighted by molar-refractivity contribution is 5.97. The summed E-state index contributed by atoms with van der Waals surface area (Å²) in [6, 6.07) is 9.79. The monoisotopic (exact) mass is 477 g/mol. The molecule has 0 bridgehead atoms. The summed E-state index contributed by atoms with van der Waals surface area (Å²) in [5.74, 6) is -0.455. The Kier molecular flexibility index (Phi) is 7.06. The fourth-order valence-corrected chi connectivity index (χ4v) is 3.42. The van der Waals surface area contributed by atoms with E-state index in [-0.39, 0.29) is 17.9 Å². The van der Waals surface area contributed by atoms with E-state index < -0.39 is 41.4 Å². The van der Waals surface area contributed by atoms with E-state index in [1.165, 1.54) is 12.1 Å². The third-order valence-corrected chi connectivity index (χ3v) is 5.38. The first-order valence-electron chi connectivity index (χ1n) is 10.4. The zero-order valence-electron chi connectivity index (χ0n) is 18.7. The highest BCUT2D eigenvalue weighted by atomic mass is 16.4. The summed E-state index contributed by atoms with van der Waals surface area (Å²) >= 11 is 0. The quantitative estimate of drug-likeness (QED) is 0.248. The SMILES string of the molecule is C#CC(C)(Nc1ccc(C(=O)NC(CCC(=O)O)C(=O)O)cc1)c1ccc2nc(N)[nH]c(=O)c2c1. The summed E-state index contributed by atoms with van der Waals surface area (Å²) in [6.07, 6.45) is 5.17. The first-order chi connectivity index (χ1) is 16.5. The Morgan fingerprint density at radius 1 is 1.20 bits per heavy atom. The molecule has 2 atom stereocenters. The van der Waals surface area contributed by atoms with Gasteiger partial charge in [0.05, 0.1) is 10.9 Å². The molecule has 0 radical (unpaired) electrons. The minimum absolute atomic E-state index is 0.00812. The molecule has 35 heavy (non-hydrogen) atoms. The van der Waals surface area contributed by atoms with Crippen molar-refractivity contribution in [2.24, 2.45) is 0 Å². The normalized spacial score (nSPS) is 13.3. The number of carbonyl (C=O) groups excluding carboxylic acids is 1. The molecular weight excluding hydrogens is 454 g/mol. The molecule has 180 valence electrons. The summed E-state index contributed by atoms with van der Waals surface area (Å²) in [5.41, 5.74) is 5.95. The number of fused-ring (bicyclic) bond motifs is 1. The number of nitrogen functional groups attached to an aromatic ring is 1. The van der Waals surface area contributed by atoms with Crippen LogP contribution in [0, 0.1) is 12.3 Å². The number of hydrogen-bond donors (Lipinski definition) is 6. The number of carboxylic acids is 2. The molecule has 1 heterocycles. The summed E-state index contributed by atoms with van der Waals surface area (Å²) in [5, 5.41) is 23.8. The maximum absolute atomic E-state index is 12.4. The Labute approximate surface area is 199 Å². The van der Waals surface area contributed by atoms with E-state index >= 15 is 0 Å². The van der Waals surface area contributed by atoms with E-state index in [1.54, 1.807) is 37.3 Å². The van der Waals surface area contributed by atoms with Gasteiger partial charge in [-0.1, -0.05) is 12.0 Å². The standard InChI is InChI=1S/C24H23N5O6/c1-3-24(2,14-6-9-17-16(12-14)21(33)28-23(25)27-17)29-15-7-4-13(5-8-15)20(32)26-18(22(34)35)10-11-19(30)31/h1,4-9,12,18,29H,10-11H2,2H3,(H,26,32)(H,30,31)(H,34,35)(H3,25,27,28,33). The number of rotatable bonds is 9. The number of carboxylic acid groups (broad SMARTS) is 2. The van der Waals surface area contributed by atoms with Crippen LogP contribution in [0.5, 0.6) is 0 Å². The number of terminal acetylenes is 1. The van der Waals surface area contributed by atoms with E-state index in [0.717, 1.165) is 0 Å². The Bertz CT molecular complexity index is 1390. The molecule has 0 fully saturated rings. The number of anilines is 2. The van der Waals surface area contributed by atoms with Crippen LogP contribution in [0.15, 0.2) is 47.3 Å². The molecule has 0 saturated carbocycles. The molecule has 7 N–H and O–H groups in total. The maximum Gasteiger partial charge on any atom is 0.326 e. The molecule has 2 aromatic carbocycles. The summed E-state index contributed by atoms with van der Waals surface area (Å²) in [7, 11) is 0. The maximum atomic E-state index is 12.4. The topological polar surface area (TPSA) is 188 Å². The second-order valence-corrected chi connectivity index (χ2v) is 7.95. The Hall–Kier alpha value is -4.85. The molecule has 3 rings (SSSR count). The lowest BCUT2D eigenvalue weighted by atomic mass is 9.91. The second-order valence-electron chi connectivity index (χ2n) is 7.95. The van der Waals surface area contributed by atoms with E-state index in [9.17, 15) is 24.3 Å². The number of aromatic amines is 1. The Morgan fingerprint density at radius 3 is 2.49 bits per heavy atom. The van der Waals surface area contributed by atoms with Gasteiger partial charge in [0.25, 0.3) is 11.5 Å². The van der Waals surface area contributed by atoms with Crippen molar-refractivity contribution in [2.45, 2.75) is 31.3 Å². The van der Waals surface area contributed by atoms with Crippen molar-refractivity contribution in [3.05, 3.63) is 63.9 Å². The number of aromatic nitrogens is 2. The van der Waals surface area contributed by atoms with Crippen molar-refractivity contribution in [3.63, 3.8) is 0 Å². The van der Waals surface area contributed by atoms with Gasteiger partial charge in [0.15, 0.2) is 0 Å². The van der Waals surface area contributed by atoms with Crippen LogP contribution in [0.2, 0.25) is 0 Å². The van der Waals surface area contributed by atoms with Crippen LogP contribution in [0.1, 0.15) is 35.7 Å². The number of nitrogens with zero attached hydrogens (tertiary/aromatic N) is 1. The highest BCUT2D eigenvalue weighted by Gasteiger charge is 2.25. The van der Waals surface area contributed by atoms with Crippen LogP contribution >= 0.6 is 0 Å². The third-order valence-electron chi connectivity index (χ3n) is 5.38. The molecule has 0 saturated heterocycles. The zero-order valence-corrected chi connectivity index (χ0v) is 18.7. The number of carbonyl (C=O) groups is 3. The van der Waals surface area contributed by atoms with Crippen LogP contribution in [-0.4, -0.2) is 44.1 Å². The van der Waals surface area contributed by atoms with Crippen molar-refractivity contribution in [2.75, 3.05) is 11.1 Å². The molecular formula is C24H23N5O6. The predicted molar refractivity (Wildman–Crippen MR) is 129 cm³/mol. The van der Waals surface area contributed by atoms with Gasteiger partial charge in [-0.2, -0.15) is 0 Å². The Balaban J connectivity index is 1.78. The molecule has 2 unspecified atom stereocenters. The zero-order chi connectivity index (χ0) is 25.8. The number of nitrogens with two attached hydrogens (primary N) is 1. The average Bonchev–Trinajstić information content (AvgIpc) is 2.81. The van der Waals surface area contributed by atoms with Crippen LogP contribution in [0.4, 0.5) is 11.6 Å². The fraction of sp³-hybridized carbons (Fsp3) is 0.208. The number of benzene rings is 2. The van der Waals surface area contributed by atoms with Gasteiger partial charge >= 0.3 is 11.9 Å². The molecule has 11 nitrogen and oxygen atoms in total. The van der Waals surface area contributed by atoms with Crippen molar-refractivity contribution < 1.29 is 24.6 Å². The van der Waals surface area contributed by atoms with Gasteiger partial charge in [0, 0.05) is 17.7 Å². The minimum atomic E-state index is -1.33. The van der Waals surface area contributed by atoms with E-state index in [1.807, 2.05) is 0 Å². The fourth-order valence-electron chi connectivity index (χ4n) is 3.42. The van der Waals surface area contributed by atoms with Gasteiger partial charge < -0.3 is 26.6 Å². The summed E-state index contributed by atoms with van der Waals surface area (Å²) in [6.45, 7) is 1.74. The number of amides is 1. The van der Waals surface area contributed by atoms with Crippen molar-refractivity contribution >= 4 is 40.4 Å². The number of nitrogens with one attached hydrogen (secondary N) is 3.